The van der Waals surface area contributed by atoms with Crippen LogP contribution in [0, 0.1) is 5.92 Å². The largest absolute Gasteiger partial charge is 0.454 e. The third-order valence-corrected chi connectivity index (χ3v) is 4.62. The SMILES string of the molecule is CC1CCCC(NCc2cc(Cl)c3c(c2)OCO3)CC1. The molecule has 1 aliphatic carbocycles. The Bertz CT molecular complexity index is 478. The van der Waals surface area contributed by atoms with E-state index in [2.05, 4.69) is 12.2 Å². The third-order valence-electron chi connectivity index (χ3n) is 4.34. The highest BCUT2D eigenvalue weighted by atomic mass is 35.5. The Balaban J connectivity index is 1.59. The Kier molecular flexibility index (Phi) is 4.37. The number of halogens is 1. The zero-order valence-corrected chi connectivity index (χ0v) is 12.7. The van der Waals surface area contributed by atoms with Gasteiger partial charge in [-0.25, -0.2) is 0 Å². The molecule has 2 atom stereocenters. The molecule has 1 N–H and O–H groups in total. The summed E-state index contributed by atoms with van der Waals surface area (Å²) >= 11 is 6.21. The molecule has 0 bridgehead atoms. The molecule has 2 unspecified atom stereocenters. The fraction of sp³-hybridized carbons (Fsp3) is 0.625. The lowest BCUT2D eigenvalue weighted by Crippen LogP contribution is -2.27. The van der Waals surface area contributed by atoms with Gasteiger partial charge < -0.3 is 14.8 Å². The predicted molar refractivity (Wildman–Crippen MR) is 80.5 cm³/mol. The van der Waals surface area contributed by atoms with Crippen molar-refractivity contribution in [1.29, 1.82) is 0 Å². The van der Waals surface area contributed by atoms with Crippen molar-refractivity contribution in [3.05, 3.63) is 22.7 Å². The molecule has 110 valence electrons. The molecule has 0 amide bonds. The summed E-state index contributed by atoms with van der Waals surface area (Å²) in [5, 5.41) is 4.31. The Morgan fingerprint density at radius 1 is 1.20 bits per heavy atom. The number of hydrogen-bond acceptors (Lipinski definition) is 3. The molecule has 1 aromatic carbocycles. The monoisotopic (exact) mass is 295 g/mol. The van der Waals surface area contributed by atoms with Crippen molar-refractivity contribution in [1.82, 2.24) is 5.32 Å². The van der Waals surface area contributed by atoms with Crippen LogP contribution in [0.15, 0.2) is 12.1 Å². The number of nitrogens with one attached hydrogen (secondary N) is 1. The van der Waals surface area contributed by atoms with Gasteiger partial charge in [0.05, 0.1) is 5.02 Å². The normalized spacial score (nSPS) is 25.5. The third kappa shape index (κ3) is 3.21. The quantitative estimate of drug-likeness (QED) is 0.851. The Labute approximate surface area is 125 Å². The Hall–Kier alpha value is -0.930. The van der Waals surface area contributed by atoms with E-state index in [4.69, 9.17) is 21.1 Å². The van der Waals surface area contributed by atoms with Crippen LogP contribution in [-0.4, -0.2) is 12.8 Å². The van der Waals surface area contributed by atoms with E-state index in [1.165, 1.54) is 32.1 Å². The average Bonchev–Trinajstić information content (AvgIpc) is 2.80. The molecular formula is C16H22ClNO2. The molecule has 3 nitrogen and oxygen atoms in total. The molecule has 20 heavy (non-hydrogen) atoms. The second-order valence-electron chi connectivity index (χ2n) is 6.00. The lowest BCUT2D eigenvalue weighted by atomic mass is 10.0. The number of fused-ring (bicyclic) bond motifs is 1. The topological polar surface area (TPSA) is 30.5 Å². The van der Waals surface area contributed by atoms with Crippen LogP contribution in [0.25, 0.3) is 0 Å². The van der Waals surface area contributed by atoms with Gasteiger partial charge in [-0.05, 0) is 42.9 Å². The van der Waals surface area contributed by atoms with E-state index in [1.807, 2.05) is 12.1 Å². The first-order chi connectivity index (χ1) is 9.72. The minimum absolute atomic E-state index is 0.270. The minimum atomic E-state index is 0.270. The summed E-state index contributed by atoms with van der Waals surface area (Å²) in [5.41, 5.74) is 1.16. The van der Waals surface area contributed by atoms with Gasteiger partial charge in [-0.2, -0.15) is 0 Å². The van der Waals surface area contributed by atoms with E-state index < -0.39 is 0 Å². The van der Waals surface area contributed by atoms with Gasteiger partial charge in [0.15, 0.2) is 11.5 Å². The summed E-state index contributed by atoms with van der Waals surface area (Å²) in [6.07, 6.45) is 6.59. The lowest BCUT2D eigenvalue weighted by molar-refractivity contribution is 0.174. The Morgan fingerprint density at radius 3 is 3.00 bits per heavy atom. The molecule has 1 aromatic rings. The smallest absolute Gasteiger partial charge is 0.231 e. The van der Waals surface area contributed by atoms with E-state index in [9.17, 15) is 0 Å². The van der Waals surface area contributed by atoms with Crippen LogP contribution in [0.3, 0.4) is 0 Å². The standard InChI is InChI=1S/C16H22ClNO2/c1-11-3-2-4-13(6-5-11)18-9-12-7-14(17)16-15(8-12)19-10-20-16/h7-8,11,13,18H,2-6,9-10H2,1H3. The van der Waals surface area contributed by atoms with Crippen LogP contribution in [-0.2, 0) is 6.54 Å². The Morgan fingerprint density at radius 2 is 2.10 bits per heavy atom. The average molecular weight is 296 g/mol. The molecule has 0 aromatic heterocycles. The first kappa shape index (κ1) is 14.0. The van der Waals surface area contributed by atoms with Gasteiger partial charge in [0.1, 0.15) is 0 Å². The van der Waals surface area contributed by atoms with Crippen molar-refractivity contribution in [2.45, 2.75) is 51.6 Å². The highest BCUT2D eigenvalue weighted by Crippen LogP contribution is 2.39. The van der Waals surface area contributed by atoms with Crippen molar-refractivity contribution in [2.24, 2.45) is 5.92 Å². The molecule has 1 heterocycles. The van der Waals surface area contributed by atoms with Crippen molar-refractivity contribution in [3.63, 3.8) is 0 Å². The molecule has 2 aliphatic rings. The zero-order chi connectivity index (χ0) is 13.9. The number of ether oxygens (including phenoxy) is 2. The summed E-state index contributed by atoms with van der Waals surface area (Å²) in [4.78, 5) is 0. The minimum Gasteiger partial charge on any atom is -0.454 e. The molecule has 1 saturated carbocycles. The number of benzene rings is 1. The van der Waals surface area contributed by atoms with E-state index in [1.54, 1.807) is 0 Å². The van der Waals surface area contributed by atoms with Gasteiger partial charge in [0.2, 0.25) is 6.79 Å². The molecule has 1 fully saturated rings. The van der Waals surface area contributed by atoms with Gasteiger partial charge >= 0.3 is 0 Å². The van der Waals surface area contributed by atoms with Crippen LogP contribution in [0.2, 0.25) is 5.02 Å². The molecular weight excluding hydrogens is 274 g/mol. The van der Waals surface area contributed by atoms with E-state index >= 15 is 0 Å². The fourth-order valence-corrected chi connectivity index (χ4v) is 3.36. The predicted octanol–water partition coefficient (Wildman–Crippen LogP) is 4.13. The summed E-state index contributed by atoms with van der Waals surface area (Å²) in [5.74, 6) is 2.32. The van der Waals surface area contributed by atoms with Crippen molar-refractivity contribution in [3.8, 4) is 11.5 Å². The highest BCUT2D eigenvalue weighted by Gasteiger charge is 2.19. The molecule has 0 saturated heterocycles. The maximum absolute atomic E-state index is 6.21. The number of rotatable bonds is 3. The lowest BCUT2D eigenvalue weighted by Gasteiger charge is -2.16. The van der Waals surface area contributed by atoms with Crippen LogP contribution in [0.4, 0.5) is 0 Å². The van der Waals surface area contributed by atoms with Crippen LogP contribution in [0.5, 0.6) is 11.5 Å². The fourth-order valence-electron chi connectivity index (χ4n) is 3.08. The summed E-state index contributed by atoms with van der Waals surface area (Å²) in [6.45, 7) is 3.47. The van der Waals surface area contributed by atoms with E-state index in [0.717, 1.165) is 23.8 Å². The summed E-state index contributed by atoms with van der Waals surface area (Å²) < 4.78 is 10.7. The molecule has 0 radical (unpaired) electrons. The maximum atomic E-state index is 6.21. The van der Waals surface area contributed by atoms with Gasteiger partial charge in [0.25, 0.3) is 0 Å². The highest BCUT2D eigenvalue weighted by molar-refractivity contribution is 6.32. The van der Waals surface area contributed by atoms with Crippen molar-refractivity contribution >= 4 is 11.6 Å². The molecule has 0 spiro atoms. The van der Waals surface area contributed by atoms with E-state index in [0.29, 0.717) is 16.8 Å². The van der Waals surface area contributed by atoms with Crippen molar-refractivity contribution < 1.29 is 9.47 Å². The van der Waals surface area contributed by atoms with Crippen LogP contribution in [0.1, 0.15) is 44.6 Å². The second kappa shape index (κ2) is 6.23. The van der Waals surface area contributed by atoms with E-state index in [-0.39, 0.29) is 6.79 Å². The first-order valence-corrected chi connectivity index (χ1v) is 7.91. The van der Waals surface area contributed by atoms with Crippen LogP contribution < -0.4 is 14.8 Å². The van der Waals surface area contributed by atoms with Gasteiger partial charge in [-0.15, -0.1) is 0 Å². The van der Waals surface area contributed by atoms with Gasteiger partial charge in [-0.3, -0.25) is 0 Å². The van der Waals surface area contributed by atoms with Crippen LogP contribution >= 0.6 is 11.6 Å². The number of hydrogen-bond donors (Lipinski definition) is 1. The molecule has 4 heteroatoms. The molecule has 1 aliphatic heterocycles. The van der Waals surface area contributed by atoms with Crippen molar-refractivity contribution in [2.75, 3.05) is 6.79 Å². The second-order valence-corrected chi connectivity index (χ2v) is 6.41. The zero-order valence-electron chi connectivity index (χ0n) is 12.0. The van der Waals surface area contributed by atoms with Gasteiger partial charge in [0, 0.05) is 12.6 Å². The first-order valence-electron chi connectivity index (χ1n) is 7.54. The van der Waals surface area contributed by atoms with Gasteiger partial charge in [-0.1, -0.05) is 31.4 Å². The maximum Gasteiger partial charge on any atom is 0.231 e. The molecule has 3 rings (SSSR count). The summed E-state index contributed by atoms with van der Waals surface area (Å²) in [7, 11) is 0. The summed E-state index contributed by atoms with van der Waals surface area (Å²) in [6, 6.07) is 4.63.